The molecule has 8 saturated carbocycles. The molecule has 370 valence electrons. The van der Waals surface area contributed by atoms with Crippen LogP contribution in [0.4, 0.5) is 11.4 Å². The summed E-state index contributed by atoms with van der Waals surface area (Å²) >= 11 is 0. The Morgan fingerprint density at radius 1 is 0.455 bits per heavy atom. The highest BCUT2D eigenvalue weighted by Gasteiger charge is 2.55. The smallest absolute Gasteiger partial charge is 0.333 e. The van der Waals surface area contributed by atoms with Gasteiger partial charge in [-0.05, 0) is 240 Å². The topological polar surface area (TPSA) is 34.5 Å². The highest BCUT2D eigenvalue weighted by atomic mass is 16.3. The van der Waals surface area contributed by atoms with Crippen molar-refractivity contribution < 1.29 is 8.83 Å². The summed E-state index contributed by atoms with van der Waals surface area (Å²) in [7, 11) is 0. The van der Waals surface area contributed by atoms with Crippen LogP contribution in [0, 0.1) is 35.5 Å². The summed E-state index contributed by atoms with van der Waals surface area (Å²) in [6.45, 7) is -0.139. The number of anilines is 2. The largest absolute Gasteiger partial charge is 0.456 e. The second-order valence-corrected chi connectivity index (χ2v) is 26.4. The average molecular weight is 993 g/mol. The van der Waals surface area contributed by atoms with Crippen molar-refractivity contribution in [3.63, 3.8) is 0 Å². The number of hydrogen-bond acceptors (Lipinski definition) is 3. The van der Waals surface area contributed by atoms with Gasteiger partial charge in [0.25, 0.3) is 0 Å². The Balaban J connectivity index is 0.944. The molecular weight excluding hydrogens is 936 g/mol. The number of benzene rings is 9. The Bertz CT molecular complexity index is 4540. The molecule has 0 saturated heterocycles. The summed E-state index contributed by atoms with van der Waals surface area (Å²) in [6, 6.07) is 63.3. The predicted octanol–water partition coefficient (Wildman–Crippen LogP) is 17.6. The number of furan rings is 2. The van der Waals surface area contributed by atoms with Crippen molar-refractivity contribution in [3.05, 3.63) is 175 Å². The van der Waals surface area contributed by atoms with Gasteiger partial charge in [-0.3, -0.25) is 0 Å². The molecule has 0 N–H and O–H groups in total. The number of rotatable bonds is 4. The summed E-state index contributed by atoms with van der Waals surface area (Å²) in [5, 5.41) is 9.97. The van der Waals surface area contributed by atoms with E-state index >= 15 is 0 Å². The first-order valence-corrected chi connectivity index (χ1v) is 29.4. The number of para-hydroxylation sites is 1. The summed E-state index contributed by atoms with van der Waals surface area (Å²) in [4.78, 5) is 2.75. The zero-order valence-corrected chi connectivity index (χ0v) is 43.3. The zero-order valence-electron chi connectivity index (χ0n) is 43.3. The Hall–Kier alpha value is -7.50. The third kappa shape index (κ3) is 5.42. The van der Waals surface area contributed by atoms with Crippen LogP contribution in [0.3, 0.4) is 0 Å². The van der Waals surface area contributed by atoms with Gasteiger partial charge in [0.1, 0.15) is 16.7 Å². The summed E-state index contributed by atoms with van der Waals surface area (Å²) in [6.07, 6.45) is 16.8. The van der Waals surface area contributed by atoms with Crippen molar-refractivity contribution in [2.75, 3.05) is 4.81 Å². The molecule has 12 aromatic rings. The number of nitrogens with zero attached hydrogens (tertiary/aromatic N) is 2. The van der Waals surface area contributed by atoms with E-state index in [0.29, 0.717) is 0 Å². The van der Waals surface area contributed by atoms with Crippen LogP contribution in [0.1, 0.15) is 88.2 Å². The first kappa shape index (κ1) is 41.6. The van der Waals surface area contributed by atoms with Gasteiger partial charge in [-0.2, -0.15) is 0 Å². The fraction of sp³-hybridized carbons (Fsp3) is 0.278. The van der Waals surface area contributed by atoms with Crippen molar-refractivity contribution >= 4 is 106 Å². The van der Waals surface area contributed by atoms with Gasteiger partial charge < -0.3 is 18.2 Å². The van der Waals surface area contributed by atoms with Crippen LogP contribution in [0.5, 0.6) is 0 Å². The molecule has 3 aromatic heterocycles. The normalized spacial score (nSPS) is 27.2. The van der Waals surface area contributed by atoms with E-state index in [2.05, 4.69) is 173 Å². The standard InChI is InChI=1S/C72H57BN2O2/c1-2-8-46(9-3-1)47-14-17-52(18-15-47)75-61-20-21-63-66(57-28-48-10-4-5-11-49(48)29-64(57)76-63)65(61)58-33-56-53-12-6-7-13-62(53)77-70(56)69-67(58)73(75)59-32-51(72-37-43-25-44(38-72)27-45(26-43)39-72)31-55-54-30-50(16-19-60(54)74(69)68(55)59)71-34-40-22-41(35-71)24-42(23-40)36-71/h1-21,28-33,40-45H,22-27,34-39H2. The van der Waals surface area contributed by atoms with Crippen molar-refractivity contribution in [3.8, 4) is 27.9 Å². The van der Waals surface area contributed by atoms with Crippen molar-refractivity contribution in [2.24, 2.45) is 35.5 Å². The first-order chi connectivity index (χ1) is 38.0. The maximum Gasteiger partial charge on any atom is 0.333 e. The molecule has 77 heavy (non-hydrogen) atoms. The van der Waals surface area contributed by atoms with Gasteiger partial charge in [0, 0.05) is 49.3 Å². The van der Waals surface area contributed by atoms with Crippen LogP contribution >= 0.6 is 0 Å². The number of fused-ring (bicyclic) bond motifs is 16. The highest BCUT2D eigenvalue weighted by Crippen LogP contribution is 2.63. The van der Waals surface area contributed by atoms with Crippen LogP contribution in [-0.2, 0) is 10.8 Å². The fourth-order valence-electron chi connectivity index (χ4n) is 20.1. The van der Waals surface area contributed by atoms with Gasteiger partial charge in [0.15, 0.2) is 5.58 Å². The Kier molecular flexibility index (Phi) is 7.76. The van der Waals surface area contributed by atoms with Crippen LogP contribution in [-0.4, -0.2) is 11.4 Å². The lowest BCUT2D eigenvalue weighted by Gasteiger charge is -2.57. The maximum absolute atomic E-state index is 7.39. The Labute approximate surface area is 447 Å². The minimum atomic E-state index is -0.139. The minimum absolute atomic E-state index is 0.139. The fourth-order valence-corrected chi connectivity index (χ4v) is 20.1. The summed E-state index contributed by atoms with van der Waals surface area (Å²) in [5.74, 6) is 5.19. The third-order valence-electron chi connectivity index (χ3n) is 22.2. The monoisotopic (exact) mass is 992 g/mol. The molecule has 9 aromatic carbocycles. The molecule has 0 unspecified atom stereocenters. The zero-order chi connectivity index (χ0) is 49.6. The van der Waals surface area contributed by atoms with Crippen molar-refractivity contribution in [2.45, 2.75) is 87.9 Å². The van der Waals surface area contributed by atoms with E-state index < -0.39 is 0 Å². The molecule has 10 aliphatic rings. The maximum atomic E-state index is 7.39. The van der Waals surface area contributed by atoms with Gasteiger partial charge in [-0.1, -0.05) is 97.1 Å². The van der Waals surface area contributed by atoms with Crippen LogP contribution in [0.15, 0.2) is 173 Å². The van der Waals surface area contributed by atoms with E-state index in [-0.39, 0.29) is 17.7 Å². The minimum Gasteiger partial charge on any atom is -0.456 e. The molecule has 5 heteroatoms. The first-order valence-electron chi connectivity index (χ1n) is 29.4. The average Bonchev–Trinajstić information content (AvgIpc) is 4.30. The molecule has 8 fully saturated rings. The predicted molar refractivity (Wildman–Crippen MR) is 317 cm³/mol. The molecule has 4 nitrogen and oxygen atoms in total. The second-order valence-electron chi connectivity index (χ2n) is 26.4. The lowest BCUT2D eigenvalue weighted by molar-refractivity contribution is -0.00526. The quantitative estimate of drug-likeness (QED) is 0.165. The van der Waals surface area contributed by atoms with Crippen LogP contribution < -0.4 is 15.7 Å². The summed E-state index contributed by atoms with van der Waals surface area (Å²) < 4.78 is 17.1. The lowest BCUT2D eigenvalue weighted by Crippen LogP contribution is -2.61. The lowest BCUT2D eigenvalue weighted by atomic mass is 9.42. The number of hydrogen-bond donors (Lipinski definition) is 0. The van der Waals surface area contributed by atoms with Crippen molar-refractivity contribution in [1.29, 1.82) is 0 Å². The van der Waals surface area contributed by atoms with E-state index in [4.69, 9.17) is 8.83 Å². The SMILES string of the molecule is c1ccc(-c2ccc(N3B4c5c(cc6c(oc7ccccc76)c5-n5c6ccc(C78CC9CC(CC(C9)C7)C8)cc6c6cc(C78CC9CC(CC(C9)C7)C8)cc4c65)-c4c3ccc3oc5cc6ccccc6cc5c43)cc2)cc1. The molecule has 22 rings (SSSR count). The summed E-state index contributed by atoms with van der Waals surface area (Å²) in [5.41, 5.74) is 21.5. The van der Waals surface area contributed by atoms with Crippen LogP contribution in [0.25, 0.3) is 104 Å². The molecular formula is C72H57BN2O2. The Morgan fingerprint density at radius 3 is 1.82 bits per heavy atom. The van der Waals surface area contributed by atoms with Crippen LogP contribution in [0.2, 0.25) is 0 Å². The van der Waals surface area contributed by atoms with E-state index in [0.717, 1.165) is 68.6 Å². The molecule has 0 radical (unpaired) electrons. The third-order valence-corrected chi connectivity index (χ3v) is 22.2. The van der Waals surface area contributed by atoms with E-state index in [1.807, 2.05) is 0 Å². The van der Waals surface area contributed by atoms with Gasteiger partial charge >= 0.3 is 6.85 Å². The van der Waals surface area contributed by atoms with Gasteiger partial charge in [0.05, 0.1) is 16.7 Å². The molecule has 0 spiro atoms. The Morgan fingerprint density at radius 2 is 1.09 bits per heavy atom. The van der Waals surface area contributed by atoms with E-state index in [1.54, 1.807) is 11.1 Å². The molecule has 5 heterocycles. The van der Waals surface area contributed by atoms with E-state index in [1.165, 1.54) is 171 Å². The van der Waals surface area contributed by atoms with Crippen molar-refractivity contribution in [1.82, 2.24) is 4.57 Å². The van der Waals surface area contributed by atoms with Gasteiger partial charge in [-0.25, -0.2) is 0 Å². The molecule has 0 amide bonds. The van der Waals surface area contributed by atoms with E-state index in [9.17, 15) is 0 Å². The molecule has 2 aliphatic heterocycles. The molecule has 0 atom stereocenters. The number of aromatic nitrogens is 1. The van der Waals surface area contributed by atoms with Gasteiger partial charge in [0.2, 0.25) is 0 Å². The van der Waals surface area contributed by atoms with Gasteiger partial charge in [-0.15, -0.1) is 0 Å². The highest BCUT2D eigenvalue weighted by molar-refractivity contribution is 6.94. The second kappa shape index (κ2) is 14.3. The molecule has 8 aliphatic carbocycles. The molecule has 8 bridgehead atoms.